The van der Waals surface area contributed by atoms with Gasteiger partial charge in [0.15, 0.2) is 0 Å². The molecule has 1 N–H and O–H groups in total. The quantitative estimate of drug-likeness (QED) is 0.877. The lowest BCUT2D eigenvalue weighted by Crippen LogP contribution is -2.26. The second-order valence-corrected chi connectivity index (χ2v) is 5.11. The molecule has 0 aromatic heterocycles. The summed E-state index contributed by atoms with van der Waals surface area (Å²) in [4.78, 5) is 11.8. The number of hydrogen-bond donors (Lipinski definition) is 1. The van der Waals surface area contributed by atoms with Crippen LogP contribution >= 0.6 is 15.9 Å². The number of benzene rings is 1. The van der Waals surface area contributed by atoms with Gasteiger partial charge in [0.2, 0.25) is 0 Å². The van der Waals surface area contributed by atoms with Gasteiger partial charge in [-0.2, -0.15) is 0 Å². The molecule has 0 spiro atoms. The molecule has 0 aliphatic heterocycles. The first-order chi connectivity index (χ1) is 7.08. The van der Waals surface area contributed by atoms with E-state index in [9.17, 15) is 4.79 Å². The Morgan fingerprint density at radius 3 is 2.73 bits per heavy atom. The van der Waals surface area contributed by atoms with Crippen molar-refractivity contribution in [1.82, 2.24) is 5.32 Å². The largest absolute Gasteiger partial charge is 0.349 e. The van der Waals surface area contributed by atoms with Gasteiger partial charge in [0.1, 0.15) is 0 Å². The van der Waals surface area contributed by atoms with Crippen LogP contribution in [-0.2, 0) is 0 Å². The Morgan fingerprint density at radius 1 is 1.53 bits per heavy atom. The molecular formula is C12H14BrNO. The van der Waals surface area contributed by atoms with Crippen molar-refractivity contribution in [2.75, 3.05) is 0 Å². The van der Waals surface area contributed by atoms with Crippen molar-refractivity contribution in [3.63, 3.8) is 0 Å². The zero-order valence-corrected chi connectivity index (χ0v) is 10.5. The lowest BCUT2D eigenvalue weighted by molar-refractivity contribution is 0.0949. The monoisotopic (exact) mass is 267 g/mol. The summed E-state index contributed by atoms with van der Waals surface area (Å²) in [6.45, 7) is 4.16. The van der Waals surface area contributed by atoms with Gasteiger partial charge in [-0.25, -0.2) is 0 Å². The lowest BCUT2D eigenvalue weighted by atomic mass is 10.1. The van der Waals surface area contributed by atoms with Crippen molar-refractivity contribution in [1.29, 1.82) is 0 Å². The molecule has 1 amide bonds. The van der Waals surface area contributed by atoms with Crippen LogP contribution in [0, 0.1) is 12.8 Å². The van der Waals surface area contributed by atoms with Crippen molar-refractivity contribution < 1.29 is 4.79 Å². The number of halogens is 1. The topological polar surface area (TPSA) is 29.1 Å². The molecule has 1 aliphatic carbocycles. The predicted molar refractivity (Wildman–Crippen MR) is 63.9 cm³/mol. The van der Waals surface area contributed by atoms with Crippen LogP contribution in [0.4, 0.5) is 0 Å². The summed E-state index contributed by atoms with van der Waals surface area (Å²) >= 11 is 3.43. The van der Waals surface area contributed by atoms with Gasteiger partial charge in [0.25, 0.3) is 5.91 Å². The second kappa shape index (κ2) is 3.97. The van der Waals surface area contributed by atoms with Crippen LogP contribution in [0.1, 0.15) is 29.3 Å². The minimum absolute atomic E-state index is 0.0325. The summed E-state index contributed by atoms with van der Waals surface area (Å²) in [5.74, 6) is 0.674. The Balaban J connectivity index is 2.08. The Hall–Kier alpha value is -0.830. The average Bonchev–Trinajstić information content (AvgIpc) is 2.86. The molecule has 1 aliphatic rings. The lowest BCUT2D eigenvalue weighted by Gasteiger charge is -2.05. The van der Waals surface area contributed by atoms with Crippen molar-refractivity contribution in [2.24, 2.45) is 5.92 Å². The summed E-state index contributed by atoms with van der Waals surface area (Å²) in [7, 11) is 0. The number of rotatable bonds is 2. The van der Waals surface area contributed by atoms with Crippen molar-refractivity contribution in [3.05, 3.63) is 33.8 Å². The van der Waals surface area contributed by atoms with E-state index in [2.05, 4.69) is 28.2 Å². The molecule has 0 heterocycles. The molecule has 0 bridgehead atoms. The van der Waals surface area contributed by atoms with E-state index in [1.54, 1.807) is 0 Å². The van der Waals surface area contributed by atoms with Crippen molar-refractivity contribution in [2.45, 2.75) is 26.3 Å². The molecule has 0 saturated heterocycles. The summed E-state index contributed by atoms with van der Waals surface area (Å²) in [6, 6.07) is 6.08. The minimum atomic E-state index is 0.0325. The van der Waals surface area contributed by atoms with E-state index < -0.39 is 0 Å². The third-order valence-electron chi connectivity index (χ3n) is 2.86. The molecule has 1 saturated carbocycles. The van der Waals surface area contributed by atoms with E-state index in [4.69, 9.17) is 0 Å². The van der Waals surface area contributed by atoms with Gasteiger partial charge < -0.3 is 5.32 Å². The van der Waals surface area contributed by atoms with Crippen LogP contribution in [0.15, 0.2) is 22.7 Å². The zero-order valence-electron chi connectivity index (χ0n) is 8.88. The fraction of sp³-hybridized carbons (Fsp3) is 0.417. The van der Waals surface area contributed by atoms with Gasteiger partial charge in [-0.15, -0.1) is 0 Å². The average molecular weight is 268 g/mol. The molecule has 3 heteroatoms. The van der Waals surface area contributed by atoms with Gasteiger partial charge in [-0.1, -0.05) is 28.9 Å². The highest BCUT2D eigenvalue weighted by molar-refractivity contribution is 9.10. The summed E-state index contributed by atoms with van der Waals surface area (Å²) in [6.07, 6.45) is 1.11. The van der Waals surface area contributed by atoms with E-state index in [1.807, 2.05) is 25.1 Å². The van der Waals surface area contributed by atoms with E-state index in [-0.39, 0.29) is 5.91 Å². The highest BCUT2D eigenvalue weighted by Crippen LogP contribution is 2.29. The molecular weight excluding hydrogens is 254 g/mol. The van der Waals surface area contributed by atoms with Crippen LogP contribution < -0.4 is 5.32 Å². The Kier molecular flexibility index (Phi) is 2.83. The highest BCUT2D eigenvalue weighted by atomic mass is 79.9. The first-order valence-electron chi connectivity index (χ1n) is 5.15. The molecule has 0 unspecified atom stereocenters. The number of carbonyl (C=O) groups excluding carboxylic acids is 1. The van der Waals surface area contributed by atoms with E-state index in [0.29, 0.717) is 12.0 Å². The minimum Gasteiger partial charge on any atom is -0.349 e. The smallest absolute Gasteiger partial charge is 0.251 e. The van der Waals surface area contributed by atoms with Crippen LogP contribution in [0.3, 0.4) is 0 Å². The molecule has 15 heavy (non-hydrogen) atoms. The number of amides is 1. The number of nitrogens with one attached hydrogen (secondary N) is 1. The standard InChI is InChI=1S/C12H14BrNO/c1-7-3-4-9(6-10(7)13)12(15)14-11-5-8(11)2/h3-4,6,8,11H,5H2,1-2H3,(H,14,15)/t8-,11-/m0/s1. The Bertz CT molecular complexity index is 403. The third kappa shape index (κ3) is 2.40. The molecule has 2 nitrogen and oxygen atoms in total. The molecule has 1 aromatic rings. The van der Waals surface area contributed by atoms with Gasteiger partial charge in [-0.3, -0.25) is 4.79 Å². The first kappa shape index (κ1) is 10.7. The molecule has 80 valence electrons. The molecule has 2 atom stereocenters. The maximum atomic E-state index is 11.8. The van der Waals surface area contributed by atoms with Gasteiger partial charge in [-0.05, 0) is 37.0 Å². The summed E-state index contributed by atoms with van der Waals surface area (Å²) in [5, 5.41) is 3.01. The highest BCUT2D eigenvalue weighted by Gasteiger charge is 2.33. The third-order valence-corrected chi connectivity index (χ3v) is 3.71. The molecule has 1 aromatic carbocycles. The summed E-state index contributed by atoms with van der Waals surface area (Å²) < 4.78 is 0.985. The molecule has 1 fully saturated rings. The normalized spacial score (nSPS) is 23.7. The van der Waals surface area contributed by atoms with E-state index in [0.717, 1.165) is 22.0 Å². The Labute approximate surface area is 98.2 Å². The fourth-order valence-electron chi connectivity index (χ4n) is 1.51. The number of hydrogen-bond acceptors (Lipinski definition) is 1. The predicted octanol–water partition coefficient (Wildman–Crippen LogP) is 2.90. The van der Waals surface area contributed by atoms with Gasteiger partial charge in [0.05, 0.1) is 0 Å². The second-order valence-electron chi connectivity index (χ2n) is 4.26. The SMILES string of the molecule is Cc1ccc(C(=O)N[C@H]2C[C@@H]2C)cc1Br. The fourth-order valence-corrected chi connectivity index (χ4v) is 1.89. The van der Waals surface area contributed by atoms with Crippen LogP contribution in [0.2, 0.25) is 0 Å². The van der Waals surface area contributed by atoms with Crippen LogP contribution in [0.5, 0.6) is 0 Å². The van der Waals surface area contributed by atoms with Crippen LogP contribution in [0.25, 0.3) is 0 Å². The van der Waals surface area contributed by atoms with Crippen molar-refractivity contribution >= 4 is 21.8 Å². The van der Waals surface area contributed by atoms with Gasteiger partial charge in [0, 0.05) is 16.1 Å². The number of carbonyl (C=O) groups is 1. The number of aryl methyl sites for hydroxylation is 1. The molecule has 0 radical (unpaired) electrons. The van der Waals surface area contributed by atoms with Crippen LogP contribution in [-0.4, -0.2) is 11.9 Å². The van der Waals surface area contributed by atoms with E-state index in [1.165, 1.54) is 0 Å². The molecule has 2 rings (SSSR count). The Morgan fingerprint density at radius 2 is 2.20 bits per heavy atom. The maximum Gasteiger partial charge on any atom is 0.251 e. The van der Waals surface area contributed by atoms with E-state index >= 15 is 0 Å². The van der Waals surface area contributed by atoms with Crippen molar-refractivity contribution in [3.8, 4) is 0 Å². The summed E-state index contributed by atoms with van der Waals surface area (Å²) in [5.41, 5.74) is 1.87. The van der Waals surface area contributed by atoms with Gasteiger partial charge >= 0.3 is 0 Å². The maximum absolute atomic E-state index is 11.8. The first-order valence-corrected chi connectivity index (χ1v) is 5.94. The zero-order chi connectivity index (χ0) is 11.0.